The molecule has 2 heterocycles. The monoisotopic (exact) mass is 357 g/mol. The molecule has 0 amide bonds. The Hall–Kier alpha value is -2.09. The van der Waals surface area contributed by atoms with Gasteiger partial charge in [0.1, 0.15) is 17.9 Å². The van der Waals surface area contributed by atoms with Crippen molar-refractivity contribution < 1.29 is 9.84 Å². The van der Waals surface area contributed by atoms with Crippen molar-refractivity contribution in [2.75, 3.05) is 25.6 Å². The summed E-state index contributed by atoms with van der Waals surface area (Å²) in [6, 6.07) is 5.59. The number of nitrogens with zero attached hydrogens (tertiary/aromatic N) is 4. The molecule has 0 radical (unpaired) electrons. The molecule has 3 rings (SSSR count). The molecule has 0 spiro atoms. The highest BCUT2D eigenvalue weighted by atomic mass is 35.5. The number of ether oxygens (including phenoxy) is 1. The summed E-state index contributed by atoms with van der Waals surface area (Å²) in [6.45, 7) is 0.433. The quantitative estimate of drug-likeness (QED) is 0.726. The van der Waals surface area contributed by atoms with Crippen LogP contribution in [-0.2, 0) is 0 Å². The first-order valence-corrected chi connectivity index (χ1v) is 6.50. The molecule has 0 unspecified atom stereocenters. The van der Waals surface area contributed by atoms with Crippen LogP contribution in [-0.4, -0.2) is 44.9 Å². The van der Waals surface area contributed by atoms with Crippen LogP contribution in [0.1, 0.15) is 0 Å². The molecule has 0 saturated heterocycles. The first-order valence-electron chi connectivity index (χ1n) is 6.50. The lowest BCUT2D eigenvalue weighted by Gasteiger charge is -2.11. The van der Waals surface area contributed by atoms with E-state index in [-0.39, 0.29) is 31.4 Å². The Morgan fingerprint density at radius 3 is 2.74 bits per heavy atom. The number of fused-ring (bicyclic) bond motifs is 1. The smallest absolute Gasteiger partial charge is 0.237 e. The fourth-order valence-corrected chi connectivity index (χ4v) is 2.02. The summed E-state index contributed by atoms with van der Waals surface area (Å²) < 4.78 is 6.97. The highest BCUT2D eigenvalue weighted by Crippen LogP contribution is 2.25. The minimum Gasteiger partial charge on any atom is -0.497 e. The number of aromatic nitrogens is 4. The van der Waals surface area contributed by atoms with E-state index in [0.29, 0.717) is 18.3 Å². The van der Waals surface area contributed by atoms with Gasteiger partial charge in [-0.3, -0.25) is 4.57 Å². The SMILES string of the molecule is COc1ccc2nc(-n3ccnc3)nc(NCCO)c2c1.Cl.Cl. The first kappa shape index (κ1) is 19.0. The van der Waals surface area contributed by atoms with Crippen molar-refractivity contribution in [2.45, 2.75) is 0 Å². The molecular weight excluding hydrogens is 341 g/mol. The molecule has 0 aliphatic heterocycles. The summed E-state index contributed by atoms with van der Waals surface area (Å²) in [5.74, 6) is 1.90. The molecule has 0 bridgehead atoms. The van der Waals surface area contributed by atoms with Crippen molar-refractivity contribution >= 4 is 41.5 Å². The second-order valence-electron chi connectivity index (χ2n) is 4.38. The maximum Gasteiger partial charge on any atom is 0.237 e. The molecule has 0 saturated carbocycles. The topological polar surface area (TPSA) is 85.1 Å². The second-order valence-corrected chi connectivity index (χ2v) is 4.38. The molecular formula is C14H17Cl2N5O2. The summed E-state index contributed by atoms with van der Waals surface area (Å²) >= 11 is 0. The van der Waals surface area contributed by atoms with Crippen molar-refractivity contribution in [2.24, 2.45) is 0 Å². The van der Waals surface area contributed by atoms with Crippen molar-refractivity contribution in [3.8, 4) is 11.7 Å². The summed E-state index contributed by atoms with van der Waals surface area (Å²) in [5, 5.41) is 12.9. The molecule has 0 aliphatic carbocycles. The largest absolute Gasteiger partial charge is 0.497 e. The van der Waals surface area contributed by atoms with Gasteiger partial charge in [0.05, 0.1) is 19.2 Å². The van der Waals surface area contributed by atoms with Crippen LogP contribution in [0.4, 0.5) is 5.82 Å². The van der Waals surface area contributed by atoms with E-state index in [1.807, 2.05) is 18.2 Å². The minimum absolute atomic E-state index is 0. The number of nitrogens with one attached hydrogen (secondary N) is 1. The summed E-state index contributed by atoms with van der Waals surface area (Å²) in [7, 11) is 1.61. The normalized spacial score (nSPS) is 9.83. The third-order valence-corrected chi connectivity index (χ3v) is 3.03. The van der Waals surface area contributed by atoms with Gasteiger partial charge in [-0.25, -0.2) is 9.97 Å². The van der Waals surface area contributed by atoms with E-state index in [1.165, 1.54) is 0 Å². The number of benzene rings is 1. The van der Waals surface area contributed by atoms with Gasteiger partial charge >= 0.3 is 0 Å². The van der Waals surface area contributed by atoms with Crippen molar-refractivity contribution in [1.82, 2.24) is 19.5 Å². The summed E-state index contributed by atoms with van der Waals surface area (Å²) in [4.78, 5) is 13.0. The number of rotatable bonds is 5. The van der Waals surface area contributed by atoms with Gasteiger partial charge < -0.3 is 15.2 Å². The van der Waals surface area contributed by atoms with E-state index in [4.69, 9.17) is 9.84 Å². The molecule has 23 heavy (non-hydrogen) atoms. The Labute approximate surface area is 145 Å². The predicted molar refractivity (Wildman–Crippen MR) is 93.3 cm³/mol. The molecule has 2 N–H and O–H groups in total. The maximum absolute atomic E-state index is 9.01. The highest BCUT2D eigenvalue weighted by molar-refractivity contribution is 5.90. The number of aliphatic hydroxyl groups excluding tert-OH is 1. The number of hydrogen-bond acceptors (Lipinski definition) is 6. The molecule has 124 valence electrons. The Balaban J connectivity index is 0.00000132. The number of aliphatic hydroxyl groups is 1. The van der Waals surface area contributed by atoms with Crippen LogP contribution < -0.4 is 10.1 Å². The van der Waals surface area contributed by atoms with Gasteiger partial charge in [-0.1, -0.05) is 0 Å². The molecule has 0 aliphatic rings. The molecule has 7 nitrogen and oxygen atoms in total. The van der Waals surface area contributed by atoms with E-state index in [0.717, 1.165) is 16.7 Å². The lowest BCUT2D eigenvalue weighted by molar-refractivity contribution is 0.311. The lowest BCUT2D eigenvalue weighted by atomic mass is 10.2. The molecule has 1 aromatic carbocycles. The van der Waals surface area contributed by atoms with Crippen molar-refractivity contribution in [3.05, 3.63) is 36.9 Å². The third-order valence-electron chi connectivity index (χ3n) is 3.03. The average molecular weight is 358 g/mol. The zero-order valence-corrected chi connectivity index (χ0v) is 14.0. The lowest BCUT2D eigenvalue weighted by Crippen LogP contribution is -2.10. The second kappa shape index (κ2) is 8.52. The summed E-state index contributed by atoms with van der Waals surface area (Å²) in [5.41, 5.74) is 0.787. The number of hydrogen-bond donors (Lipinski definition) is 2. The van der Waals surface area contributed by atoms with E-state index < -0.39 is 0 Å². The van der Waals surface area contributed by atoms with E-state index >= 15 is 0 Å². The third kappa shape index (κ3) is 4.01. The van der Waals surface area contributed by atoms with Crippen LogP contribution in [0, 0.1) is 0 Å². The van der Waals surface area contributed by atoms with Crippen LogP contribution in [0.3, 0.4) is 0 Å². The number of anilines is 1. The van der Waals surface area contributed by atoms with Gasteiger partial charge in [-0.15, -0.1) is 24.8 Å². The Kier molecular flexibility index (Phi) is 7.02. The highest BCUT2D eigenvalue weighted by Gasteiger charge is 2.10. The maximum atomic E-state index is 9.01. The number of imidazole rings is 1. The van der Waals surface area contributed by atoms with Crippen molar-refractivity contribution in [3.63, 3.8) is 0 Å². The molecule has 2 aromatic heterocycles. The minimum atomic E-state index is 0. The molecule has 0 atom stereocenters. The van der Waals surface area contributed by atoms with Crippen LogP contribution >= 0.6 is 24.8 Å². The van der Waals surface area contributed by atoms with E-state index in [2.05, 4.69) is 20.3 Å². The van der Waals surface area contributed by atoms with Crippen molar-refractivity contribution in [1.29, 1.82) is 0 Å². The number of halogens is 2. The van der Waals surface area contributed by atoms with Gasteiger partial charge in [0.2, 0.25) is 5.95 Å². The Morgan fingerprint density at radius 1 is 1.26 bits per heavy atom. The van der Waals surface area contributed by atoms with Gasteiger partial charge in [-0.05, 0) is 18.2 Å². The van der Waals surface area contributed by atoms with E-state index in [1.54, 1.807) is 30.4 Å². The predicted octanol–water partition coefficient (Wildman–Crippen LogP) is 2.07. The average Bonchev–Trinajstić information content (AvgIpc) is 3.06. The first-order chi connectivity index (χ1) is 10.3. The molecule has 3 aromatic rings. The van der Waals surface area contributed by atoms with Crippen LogP contribution in [0.15, 0.2) is 36.9 Å². The van der Waals surface area contributed by atoms with Gasteiger partial charge in [0, 0.05) is 24.3 Å². The van der Waals surface area contributed by atoms with Gasteiger partial charge in [0.25, 0.3) is 0 Å². The van der Waals surface area contributed by atoms with Gasteiger partial charge in [-0.2, -0.15) is 4.98 Å². The fourth-order valence-electron chi connectivity index (χ4n) is 2.02. The van der Waals surface area contributed by atoms with E-state index in [9.17, 15) is 0 Å². The van der Waals surface area contributed by atoms with Crippen LogP contribution in [0.25, 0.3) is 16.9 Å². The molecule has 9 heteroatoms. The zero-order valence-electron chi connectivity index (χ0n) is 12.3. The van der Waals surface area contributed by atoms with Gasteiger partial charge in [0.15, 0.2) is 0 Å². The standard InChI is InChI=1S/C14H15N5O2.2ClH/c1-21-10-2-3-12-11(8-10)13(16-5-7-20)18-14(17-12)19-6-4-15-9-19;;/h2-4,6,8-9,20H,5,7H2,1H3,(H,16,17,18);2*1H. The van der Waals surface area contributed by atoms with Crippen LogP contribution in [0.2, 0.25) is 0 Å². The fraction of sp³-hybridized carbons (Fsp3) is 0.214. The zero-order chi connectivity index (χ0) is 14.7. The Morgan fingerprint density at radius 2 is 2.09 bits per heavy atom. The molecule has 0 fully saturated rings. The van der Waals surface area contributed by atoms with Crippen LogP contribution in [0.5, 0.6) is 5.75 Å². The summed E-state index contributed by atoms with van der Waals surface area (Å²) in [6.07, 6.45) is 5.09. The Bertz CT molecular complexity index is 752. The number of methoxy groups -OCH3 is 1.